The SMILES string of the molecule is O=C(CCc1ncc(-c2ccc(F)cc2F)o1)Nc1cc2c(cc1Cl)OCCCO2. The normalized spacial score (nSPS) is 13.0. The Labute approximate surface area is 175 Å². The van der Waals surface area contributed by atoms with Crippen molar-refractivity contribution in [1.82, 2.24) is 4.98 Å². The highest BCUT2D eigenvalue weighted by Crippen LogP contribution is 2.37. The highest BCUT2D eigenvalue weighted by atomic mass is 35.5. The van der Waals surface area contributed by atoms with E-state index in [9.17, 15) is 13.6 Å². The van der Waals surface area contributed by atoms with Crippen molar-refractivity contribution in [3.8, 4) is 22.8 Å². The number of benzene rings is 2. The van der Waals surface area contributed by atoms with Crippen LogP contribution >= 0.6 is 11.6 Å². The predicted octanol–water partition coefficient (Wildman–Crippen LogP) is 5.01. The number of aryl methyl sites for hydroxylation is 1. The molecule has 6 nitrogen and oxygen atoms in total. The molecule has 0 radical (unpaired) electrons. The first-order valence-corrected chi connectivity index (χ1v) is 9.66. The van der Waals surface area contributed by atoms with Crippen LogP contribution in [0.1, 0.15) is 18.7 Å². The van der Waals surface area contributed by atoms with Crippen LogP contribution in [0.15, 0.2) is 40.9 Å². The van der Waals surface area contributed by atoms with Gasteiger partial charge in [-0.2, -0.15) is 0 Å². The van der Waals surface area contributed by atoms with Gasteiger partial charge in [-0.15, -0.1) is 0 Å². The number of carbonyl (C=O) groups is 1. The Morgan fingerprint density at radius 3 is 2.67 bits per heavy atom. The largest absolute Gasteiger partial charge is 0.490 e. The van der Waals surface area contributed by atoms with Crippen LogP contribution in [-0.4, -0.2) is 24.1 Å². The molecule has 2 heterocycles. The van der Waals surface area contributed by atoms with Crippen LogP contribution < -0.4 is 14.8 Å². The predicted molar refractivity (Wildman–Crippen MR) is 106 cm³/mol. The van der Waals surface area contributed by atoms with Gasteiger partial charge < -0.3 is 19.2 Å². The number of ether oxygens (including phenoxy) is 2. The summed E-state index contributed by atoms with van der Waals surface area (Å²) in [6, 6.07) is 6.40. The van der Waals surface area contributed by atoms with E-state index in [-0.39, 0.29) is 36.0 Å². The Bertz CT molecular complexity index is 1090. The first-order chi connectivity index (χ1) is 14.5. The molecule has 0 spiro atoms. The topological polar surface area (TPSA) is 73.6 Å². The second-order valence-corrected chi connectivity index (χ2v) is 7.03. The monoisotopic (exact) mass is 434 g/mol. The summed E-state index contributed by atoms with van der Waals surface area (Å²) >= 11 is 6.23. The van der Waals surface area contributed by atoms with E-state index in [2.05, 4.69) is 10.3 Å². The standard InChI is InChI=1S/C21H17ClF2N2O4/c22-14-9-17-18(29-7-1-6-28-17)10-16(14)26-20(27)4-5-21-25-11-19(30-21)13-3-2-12(23)8-15(13)24/h2-3,8-11H,1,4-7H2,(H,26,27). The van der Waals surface area contributed by atoms with Gasteiger partial charge in [-0.25, -0.2) is 13.8 Å². The quantitative estimate of drug-likeness (QED) is 0.611. The average Bonchev–Trinajstić information content (AvgIpc) is 3.06. The van der Waals surface area contributed by atoms with Crippen molar-refractivity contribution in [2.24, 2.45) is 0 Å². The van der Waals surface area contributed by atoms with E-state index in [4.69, 9.17) is 25.5 Å². The zero-order valence-corrected chi connectivity index (χ0v) is 16.5. The van der Waals surface area contributed by atoms with Gasteiger partial charge in [-0.05, 0) is 12.1 Å². The molecule has 0 atom stereocenters. The summed E-state index contributed by atoms with van der Waals surface area (Å²) in [7, 11) is 0. The minimum atomic E-state index is -0.750. The summed E-state index contributed by atoms with van der Waals surface area (Å²) in [6.45, 7) is 1.05. The van der Waals surface area contributed by atoms with E-state index in [1.165, 1.54) is 12.3 Å². The van der Waals surface area contributed by atoms with Gasteiger partial charge in [0.1, 0.15) is 11.6 Å². The van der Waals surface area contributed by atoms with Crippen LogP contribution in [0.4, 0.5) is 14.5 Å². The number of nitrogens with zero attached hydrogens (tertiary/aromatic N) is 1. The summed E-state index contributed by atoms with van der Waals surface area (Å²) in [5.41, 5.74) is 0.506. The summed E-state index contributed by atoms with van der Waals surface area (Å²) < 4.78 is 43.6. The van der Waals surface area contributed by atoms with Gasteiger partial charge in [0, 0.05) is 37.5 Å². The Kier molecular flexibility index (Phi) is 5.85. The van der Waals surface area contributed by atoms with E-state index in [0.29, 0.717) is 35.4 Å². The van der Waals surface area contributed by atoms with Crippen molar-refractivity contribution in [3.05, 3.63) is 59.1 Å². The molecule has 1 aromatic heterocycles. The molecule has 1 aliphatic heterocycles. The maximum Gasteiger partial charge on any atom is 0.224 e. The van der Waals surface area contributed by atoms with Crippen LogP contribution in [0, 0.1) is 11.6 Å². The Morgan fingerprint density at radius 2 is 1.90 bits per heavy atom. The zero-order valence-electron chi connectivity index (χ0n) is 15.7. The third-order valence-corrected chi connectivity index (χ3v) is 4.74. The average molecular weight is 435 g/mol. The maximum absolute atomic E-state index is 13.9. The van der Waals surface area contributed by atoms with Crippen molar-refractivity contribution in [2.75, 3.05) is 18.5 Å². The van der Waals surface area contributed by atoms with E-state index in [1.807, 2.05) is 0 Å². The lowest BCUT2D eigenvalue weighted by molar-refractivity contribution is -0.116. The molecule has 1 amide bonds. The number of carbonyl (C=O) groups excluding carboxylic acids is 1. The molecule has 156 valence electrons. The lowest BCUT2D eigenvalue weighted by atomic mass is 10.2. The summed E-state index contributed by atoms with van der Waals surface area (Å²) in [6.07, 6.45) is 2.35. The summed E-state index contributed by atoms with van der Waals surface area (Å²) in [5, 5.41) is 3.06. The summed E-state index contributed by atoms with van der Waals surface area (Å²) in [4.78, 5) is 16.4. The highest BCUT2D eigenvalue weighted by molar-refractivity contribution is 6.34. The molecule has 30 heavy (non-hydrogen) atoms. The molecule has 0 aliphatic carbocycles. The fraction of sp³-hybridized carbons (Fsp3) is 0.238. The third kappa shape index (κ3) is 4.54. The first kappa shape index (κ1) is 20.2. The zero-order chi connectivity index (χ0) is 21.1. The van der Waals surface area contributed by atoms with E-state index in [0.717, 1.165) is 18.6 Å². The fourth-order valence-electron chi connectivity index (χ4n) is 2.95. The maximum atomic E-state index is 13.9. The van der Waals surface area contributed by atoms with E-state index in [1.54, 1.807) is 12.1 Å². The molecule has 0 bridgehead atoms. The minimum absolute atomic E-state index is 0.0661. The van der Waals surface area contributed by atoms with Crippen LogP contribution in [0.3, 0.4) is 0 Å². The number of amides is 1. The molecule has 0 unspecified atom stereocenters. The van der Waals surface area contributed by atoms with Gasteiger partial charge >= 0.3 is 0 Å². The molecular weight excluding hydrogens is 418 g/mol. The van der Waals surface area contributed by atoms with Gasteiger partial charge in [0.25, 0.3) is 0 Å². The fourth-order valence-corrected chi connectivity index (χ4v) is 3.15. The second-order valence-electron chi connectivity index (χ2n) is 6.62. The Balaban J connectivity index is 1.39. The van der Waals surface area contributed by atoms with Gasteiger partial charge in [-0.1, -0.05) is 11.6 Å². The molecule has 4 rings (SSSR count). The van der Waals surface area contributed by atoms with Crippen molar-refractivity contribution in [2.45, 2.75) is 19.3 Å². The molecule has 0 fully saturated rings. The van der Waals surface area contributed by atoms with Crippen LogP contribution in [0.25, 0.3) is 11.3 Å². The number of oxazole rings is 1. The van der Waals surface area contributed by atoms with Crippen molar-refractivity contribution in [1.29, 1.82) is 0 Å². The minimum Gasteiger partial charge on any atom is -0.490 e. The molecular formula is C21H17ClF2N2O4. The van der Waals surface area contributed by atoms with Gasteiger partial charge in [0.2, 0.25) is 5.91 Å². The Hall–Kier alpha value is -3.13. The van der Waals surface area contributed by atoms with Crippen molar-refractivity contribution < 1.29 is 27.5 Å². The second kappa shape index (κ2) is 8.71. The molecule has 3 aromatic rings. The number of hydrogen-bond donors (Lipinski definition) is 1. The molecule has 1 aliphatic rings. The molecule has 2 aromatic carbocycles. The van der Waals surface area contributed by atoms with Crippen LogP contribution in [0.2, 0.25) is 5.02 Å². The number of anilines is 1. The van der Waals surface area contributed by atoms with Crippen molar-refractivity contribution in [3.63, 3.8) is 0 Å². The lowest BCUT2D eigenvalue weighted by Crippen LogP contribution is -2.13. The first-order valence-electron chi connectivity index (χ1n) is 9.29. The van der Waals surface area contributed by atoms with Crippen molar-refractivity contribution >= 4 is 23.2 Å². The Morgan fingerprint density at radius 1 is 1.13 bits per heavy atom. The van der Waals surface area contributed by atoms with Gasteiger partial charge in [0.05, 0.1) is 35.7 Å². The number of halogens is 3. The molecule has 0 saturated carbocycles. The summed E-state index contributed by atoms with van der Waals surface area (Å²) in [5.74, 6) is -0.260. The smallest absolute Gasteiger partial charge is 0.224 e. The number of rotatable bonds is 5. The number of fused-ring (bicyclic) bond motifs is 1. The number of hydrogen-bond acceptors (Lipinski definition) is 5. The van der Waals surface area contributed by atoms with Gasteiger partial charge in [0.15, 0.2) is 23.1 Å². The number of aromatic nitrogens is 1. The molecule has 1 N–H and O–H groups in total. The third-order valence-electron chi connectivity index (χ3n) is 4.43. The number of nitrogens with one attached hydrogen (secondary N) is 1. The van der Waals surface area contributed by atoms with E-state index < -0.39 is 11.6 Å². The lowest BCUT2D eigenvalue weighted by Gasteiger charge is -2.12. The molecule has 9 heteroatoms. The van der Waals surface area contributed by atoms with Gasteiger partial charge in [-0.3, -0.25) is 4.79 Å². The molecule has 0 saturated heterocycles. The van der Waals surface area contributed by atoms with E-state index >= 15 is 0 Å². The highest BCUT2D eigenvalue weighted by Gasteiger charge is 2.17. The van der Waals surface area contributed by atoms with Crippen LogP contribution in [0.5, 0.6) is 11.5 Å². The van der Waals surface area contributed by atoms with Crippen LogP contribution in [-0.2, 0) is 11.2 Å².